The topological polar surface area (TPSA) is 65.0 Å². The average molecular weight is 378 g/mol. The molecule has 0 saturated carbocycles. The fourth-order valence-corrected chi connectivity index (χ4v) is 2.63. The van der Waals surface area contributed by atoms with Crippen LogP contribution in [0.5, 0.6) is 11.6 Å². The van der Waals surface area contributed by atoms with Crippen molar-refractivity contribution in [1.82, 2.24) is 10.5 Å². The minimum Gasteiger partial charge on any atom is -0.497 e. The molecule has 1 atom stereocenters. The standard InChI is InChI=1S/C16H16BrN3O3/c1-21-11-5-3-4-10(8-11)14-9-23-20-15(18-14)13-7-6-12(17)16(19-13)22-2/h3-8,14H,9H2,1-2H3,(H,18,20). The second-order valence-electron chi connectivity index (χ2n) is 4.87. The highest BCUT2D eigenvalue weighted by Gasteiger charge is 2.20. The van der Waals surface area contributed by atoms with Gasteiger partial charge in [0.1, 0.15) is 24.1 Å². The van der Waals surface area contributed by atoms with Crippen molar-refractivity contribution in [3.8, 4) is 11.6 Å². The van der Waals surface area contributed by atoms with E-state index in [1.54, 1.807) is 14.2 Å². The van der Waals surface area contributed by atoms with Gasteiger partial charge in [-0.25, -0.2) is 10.5 Å². The third-order valence-corrected chi connectivity index (χ3v) is 4.03. The minimum atomic E-state index is -0.127. The molecule has 7 heteroatoms. The SMILES string of the molecule is COc1cccc(C2CONC(c3ccc(Br)c(OC)n3)=N2)c1. The quantitative estimate of drug-likeness (QED) is 0.887. The zero-order chi connectivity index (χ0) is 16.2. The van der Waals surface area contributed by atoms with Gasteiger partial charge in [-0.15, -0.1) is 0 Å². The van der Waals surface area contributed by atoms with Crippen LogP contribution in [0.1, 0.15) is 17.3 Å². The van der Waals surface area contributed by atoms with Crippen LogP contribution in [-0.2, 0) is 4.84 Å². The first-order valence-corrected chi connectivity index (χ1v) is 7.81. The lowest BCUT2D eigenvalue weighted by Crippen LogP contribution is -2.33. The molecule has 23 heavy (non-hydrogen) atoms. The smallest absolute Gasteiger partial charge is 0.228 e. The number of amidine groups is 1. The molecule has 1 aromatic heterocycles. The van der Waals surface area contributed by atoms with Crippen LogP contribution < -0.4 is 15.0 Å². The van der Waals surface area contributed by atoms with Crippen molar-refractivity contribution in [3.63, 3.8) is 0 Å². The number of nitrogens with one attached hydrogen (secondary N) is 1. The van der Waals surface area contributed by atoms with Crippen LogP contribution in [0.4, 0.5) is 0 Å². The van der Waals surface area contributed by atoms with E-state index < -0.39 is 0 Å². The van der Waals surface area contributed by atoms with Crippen molar-refractivity contribution in [1.29, 1.82) is 0 Å². The fraction of sp³-hybridized carbons (Fsp3) is 0.250. The molecule has 1 aliphatic heterocycles. The monoisotopic (exact) mass is 377 g/mol. The van der Waals surface area contributed by atoms with Gasteiger partial charge in [0, 0.05) is 0 Å². The molecule has 2 aromatic rings. The number of aromatic nitrogens is 1. The Bertz CT molecular complexity index is 736. The summed E-state index contributed by atoms with van der Waals surface area (Å²) in [5, 5.41) is 0. The Morgan fingerprint density at radius 2 is 2.09 bits per heavy atom. The molecule has 3 rings (SSSR count). The van der Waals surface area contributed by atoms with Gasteiger partial charge < -0.3 is 9.47 Å². The van der Waals surface area contributed by atoms with E-state index in [0.717, 1.165) is 15.8 Å². The maximum atomic E-state index is 5.47. The fourth-order valence-electron chi connectivity index (χ4n) is 2.24. The lowest BCUT2D eigenvalue weighted by molar-refractivity contribution is 0.0620. The van der Waals surface area contributed by atoms with E-state index in [1.165, 1.54) is 0 Å². The molecule has 0 spiro atoms. The van der Waals surface area contributed by atoms with Gasteiger partial charge in [0.15, 0.2) is 5.84 Å². The van der Waals surface area contributed by atoms with Gasteiger partial charge in [0.05, 0.1) is 18.7 Å². The summed E-state index contributed by atoms with van der Waals surface area (Å²) in [6.45, 7) is 0.435. The lowest BCUT2D eigenvalue weighted by atomic mass is 10.1. The van der Waals surface area contributed by atoms with Gasteiger partial charge in [0.2, 0.25) is 5.88 Å². The molecule has 0 fully saturated rings. The number of ether oxygens (including phenoxy) is 2. The molecule has 2 heterocycles. The van der Waals surface area contributed by atoms with Crippen molar-refractivity contribution >= 4 is 21.8 Å². The number of pyridine rings is 1. The number of benzene rings is 1. The van der Waals surface area contributed by atoms with E-state index in [1.807, 2.05) is 36.4 Å². The largest absolute Gasteiger partial charge is 0.497 e. The predicted octanol–water partition coefficient (Wildman–Crippen LogP) is 2.88. The molecule has 6 nitrogen and oxygen atoms in total. The molecular formula is C16H16BrN3O3. The second kappa shape index (κ2) is 6.97. The molecule has 1 aromatic carbocycles. The summed E-state index contributed by atoms with van der Waals surface area (Å²) in [5.41, 5.74) is 4.49. The summed E-state index contributed by atoms with van der Waals surface area (Å²) in [6, 6.07) is 11.4. The summed E-state index contributed by atoms with van der Waals surface area (Å²) in [7, 11) is 3.22. The second-order valence-corrected chi connectivity index (χ2v) is 5.73. The summed E-state index contributed by atoms with van der Waals surface area (Å²) < 4.78 is 11.3. The van der Waals surface area contributed by atoms with E-state index in [0.29, 0.717) is 24.0 Å². The summed E-state index contributed by atoms with van der Waals surface area (Å²) >= 11 is 3.39. The van der Waals surface area contributed by atoms with Crippen LogP contribution in [0.25, 0.3) is 0 Å². The summed E-state index contributed by atoms with van der Waals surface area (Å²) in [5.74, 6) is 1.85. The average Bonchev–Trinajstić information content (AvgIpc) is 2.62. The molecule has 0 aliphatic carbocycles. The van der Waals surface area contributed by atoms with E-state index in [4.69, 9.17) is 19.3 Å². The highest BCUT2D eigenvalue weighted by molar-refractivity contribution is 9.10. The van der Waals surface area contributed by atoms with E-state index in [2.05, 4.69) is 26.4 Å². The number of nitrogens with zero attached hydrogens (tertiary/aromatic N) is 2. The van der Waals surface area contributed by atoms with Crippen molar-refractivity contribution in [2.24, 2.45) is 4.99 Å². The summed E-state index contributed by atoms with van der Waals surface area (Å²) in [6.07, 6.45) is 0. The zero-order valence-electron chi connectivity index (χ0n) is 12.7. The van der Waals surface area contributed by atoms with E-state index in [-0.39, 0.29) is 6.04 Å². The Morgan fingerprint density at radius 1 is 1.22 bits per heavy atom. The van der Waals surface area contributed by atoms with Crippen LogP contribution in [0.15, 0.2) is 45.9 Å². The first-order chi connectivity index (χ1) is 11.2. The highest BCUT2D eigenvalue weighted by atomic mass is 79.9. The maximum Gasteiger partial charge on any atom is 0.228 e. The van der Waals surface area contributed by atoms with E-state index in [9.17, 15) is 0 Å². The van der Waals surface area contributed by atoms with Crippen LogP contribution >= 0.6 is 15.9 Å². The number of hydrogen-bond donors (Lipinski definition) is 1. The summed E-state index contributed by atoms with van der Waals surface area (Å²) in [4.78, 5) is 14.6. The Hall–Kier alpha value is -2.12. The molecule has 0 saturated heterocycles. The third kappa shape index (κ3) is 3.46. The number of rotatable bonds is 4. The van der Waals surface area contributed by atoms with Crippen molar-refractivity contribution in [2.45, 2.75) is 6.04 Å². The maximum absolute atomic E-state index is 5.47. The third-order valence-electron chi connectivity index (χ3n) is 3.42. The van der Waals surface area contributed by atoms with Gasteiger partial charge in [-0.2, -0.15) is 0 Å². The first-order valence-electron chi connectivity index (χ1n) is 7.01. The van der Waals surface area contributed by atoms with Crippen LogP contribution in [0, 0.1) is 0 Å². The van der Waals surface area contributed by atoms with Gasteiger partial charge in [-0.3, -0.25) is 9.83 Å². The van der Waals surface area contributed by atoms with Gasteiger partial charge in [-0.1, -0.05) is 12.1 Å². The highest BCUT2D eigenvalue weighted by Crippen LogP contribution is 2.26. The van der Waals surface area contributed by atoms with Crippen molar-refractivity contribution < 1.29 is 14.3 Å². The number of halogens is 1. The Balaban J connectivity index is 1.92. The normalized spacial score (nSPS) is 17.2. The molecule has 1 aliphatic rings. The minimum absolute atomic E-state index is 0.127. The van der Waals surface area contributed by atoms with Crippen molar-refractivity contribution in [2.75, 3.05) is 20.8 Å². The zero-order valence-corrected chi connectivity index (χ0v) is 14.3. The molecule has 120 valence electrons. The lowest BCUT2D eigenvalue weighted by Gasteiger charge is -2.22. The number of hydrogen-bond acceptors (Lipinski definition) is 6. The van der Waals surface area contributed by atoms with Crippen LogP contribution in [-0.4, -0.2) is 31.6 Å². The number of hydroxylamine groups is 1. The Kier molecular flexibility index (Phi) is 4.78. The van der Waals surface area contributed by atoms with Gasteiger partial charge >= 0.3 is 0 Å². The Labute approximate surface area is 142 Å². The molecule has 0 amide bonds. The number of aliphatic imine (C=N–C) groups is 1. The molecule has 1 N–H and O–H groups in total. The predicted molar refractivity (Wildman–Crippen MR) is 89.8 cm³/mol. The van der Waals surface area contributed by atoms with Crippen molar-refractivity contribution in [3.05, 3.63) is 52.1 Å². The first kappa shape index (κ1) is 15.8. The Morgan fingerprint density at radius 3 is 2.87 bits per heavy atom. The molecule has 0 bridgehead atoms. The van der Waals surface area contributed by atoms with Crippen LogP contribution in [0.3, 0.4) is 0 Å². The molecular weight excluding hydrogens is 362 g/mol. The molecule has 1 unspecified atom stereocenters. The van der Waals surface area contributed by atoms with Crippen LogP contribution in [0.2, 0.25) is 0 Å². The number of methoxy groups -OCH3 is 2. The molecule has 0 radical (unpaired) electrons. The van der Waals surface area contributed by atoms with Gasteiger partial charge in [0.25, 0.3) is 0 Å². The van der Waals surface area contributed by atoms with E-state index >= 15 is 0 Å². The van der Waals surface area contributed by atoms with Gasteiger partial charge in [-0.05, 0) is 45.8 Å².